The molecule has 1 fully saturated rings. The molecule has 1 aromatic heterocycles. The summed E-state index contributed by atoms with van der Waals surface area (Å²) in [6.07, 6.45) is 0. The van der Waals surface area contributed by atoms with Crippen molar-refractivity contribution >= 4 is 29.2 Å². The summed E-state index contributed by atoms with van der Waals surface area (Å²) in [5.41, 5.74) is 2.05. The van der Waals surface area contributed by atoms with Crippen LogP contribution in [0.1, 0.15) is 38.1 Å². The quantitative estimate of drug-likeness (QED) is 0.502. The molecule has 9 heteroatoms. The van der Waals surface area contributed by atoms with Gasteiger partial charge in [0.15, 0.2) is 11.7 Å². The molecule has 8 nitrogen and oxygen atoms in total. The third-order valence-corrected chi connectivity index (χ3v) is 5.39. The zero-order valence-electron chi connectivity index (χ0n) is 18.4. The molecule has 2 aromatic rings. The Hall–Kier alpha value is -2.74. The highest BCUT2D eigenvalue weighted by Gasteiger charge is 2.21. The predicted octanol–water partition coefficient (Wildman–Crippen LogP) is 2.86. The summed E-state index contributed by atoms with van der Waals surface area (Å²) >= 11 is 5.97. The Kier molecular flexibility index (Phi) is 8.17. The van der Waals surface area contributed by atoms with Gasteiger partial charge >= 0.3 is 0 Å². The number of piperazine rings is 1. The van der Waals surface area contributed by atoms with Gasteiger partial charge in [0.25, 0.3) is 0 Å². The molecule has 0 aliphatic carbocycles. The van der Waals surface area contributed by atoms with Crippen molar-refractivity contribution in [2.24, 2.45) is 4.99 Å². The second kappa shape index (κ2) is 11.0. The van der Waals surface area contributed by atoms with Crippen molar-refractivity contribution < 1.29 is 9.32 Å². The van der Waals surface area contributed by atoms with Gasteiger partial charge in [-0.05, 0) is 37.1 Å². The molecule has 1 amide bonds. The molecule has 0 unspecified atom stereocenters. The van der Waals surface area contributed by atoms with E-state index in [1.807, 2.05) is 42.2 Å². The van der Waals surface area contributed by atoms with Gasteiger partial charge in [-0.15, -0.1) is 0 Å². The molecule has 31 heavy (non-hydrogen) atoms. The van der Waals surface area contributed by atoms with Crippen LogP contribution in [-0.2, 0) is 11.3 Å². The van der Waals surface area contributed by atoms with E-state index in [9.17, 15) is 4.79 Å². The molecule has 1 saturated heterocycles. The second-order valence-electron chi connectivity index (χ2n) is 7.77. The lowest BCUT2D eigenvalue weighted by Gasteiger charge is -2.36. The maximum Gasteiger partial charge on any atom is 0.244 e. The fraction of sp³-hybridized carbons (Fsp3) is 0.500. The van der Waals surface area contributed by atoms with Crippen molar-refractivity contribution in [2.45, 2.75) is 33.2 Å². The molecule has 0 spiro atoms. The van der Waals surface area contributed by atoms with Crippen LogP contribution >= 0.6 is 11.6 Å². The van der Waals surface area contributed by atoms with E-state index < -0.39 is 0 Å². The van der Waals surface area contributed by atoms with E-state index in [0.29, 0.717) is 38.1 Å². The van der Waals surface area contributed by atoms with Crippen molar-refractivity contribution in [3.05, 3.63) is 46.8 Å². The van der Waals surface area contributed by atoms with Gasteiger partial charge in [0.1, 0.15) is 6.54 Å². The lowest BCUT2D eigenvalue weighted by atomic mass is 10.1. The van der Waals surface area contributed by atoms with E-state index in [2.05, 4.69) is 39.5 Å². The summed E-state index contributed by atoms with van der Waals surface area (Å²) in [5.74, 6) is 1.66. The number of aliphatic imine (C=N–C) groups is 1. The number of carbonyl (C=O) groups excluding carboxylic acids is 1. The lowest BCUT2D eigenvalue weighted by Crippen LogP contribution is -2.49. The number of halogens is 1. The van der Waals surface area contributed by atoms with Gasteiger partial charge in [-0.2, -0.15) is 0 Å². The Morgan fingerprint density at radius 2 is 1.90 bits per heavy atom. The van der Waals surface area contributed by atoms with Crippen molar-refractivity contribution in [3.63, 3.8) is 0 Å². The Bertz CT molecular complexity index is 872. The maximum absolute atomic E-state index is 12.6. The molecule has 2 N–H and O–H groups in total. The van der Waals surface area contributed by atoms with Crippen LogP contribution in [0.4, 0.5) is 5.69 Å². The van der Waals surface area contributed by atoms with E-state index in [4.69, 9.17) is 16.1 Å². The highest BCUT2D eigenvalue weighted by molar-refractivity contribution is 6.30. The largest absolute Gasteiger partial charge is 0.368 e. The van der Waals surface area contributed by atoms with Crippen LogP contribution in [0.2, 0.25) is 5.02 Å². The average Bonchev–Trinajstić information content (AvgIpc) is 3.26. The average molecular weight is 447 g/mol. The number of rotatable bonds is 7. The van der Waals surface area contributed by atoms with Crippen LogP contribution in [0.5, 0.6) is 0 Å². The van der Waals surface area contributed by atoms with Crippen LogP contribution < -0.4 is 15.5 Å². The molecule has 0 atom stereocenters. The SMILES string of the molecule is CCNC(=NCC(=O)N1CCN(c2ccc(Cl)cc2)CC1)NCc1cc(C(C)C)no1. The molecule has 1 aliphatic rings. The van der Waals surface area contributed by atoms with Crippen LogP contribution in [0.15, 0.2) is 39.8 Å². The number of guanidine groups is 1. The van der Waals surface area contributed by atoms with Crippen molar-refractivity contribution in [1.82, 2.24) is 20.7 Å². The number of hydrogen-bond donors (Lipinski definition) is 2. The van der Waals surface area contributed by atoms with Crippen LogP contribution in [0.3, 0.4) is 0 Å². The monoisotopic (exact) mass is 446 g/mol. The van der Waals surface area contributed by atoms with E-state index >= 15 is 0 Å². The van der Waals surface area contributed by atoms with Crippen LogP contribution in [0, 0.1) is 0 Å². The number of nitrogens with zero attached hydrogens (tertiary/aromatic N) is 4. The zero-order valence-corrected chi connectivity index (χ0v) is 19.2. The summed E-state index contributed by atoms with van der Waals surface area (Å²) in [6.45, 7) is 10.3. The smallest absolute Gasteiger partial charge is 0.244 e. The predicted molar refractivity (Wildman–Crippen MR) is 124 cm³/mol. The first-order chi connectivity index (χ1) is 15.0. The molecule has 1 aliphatic heterocycles. The first-order valence-electron chi connectivity index (χ1n) is 10.7. The van der Waals surface area contributed by atoms with E-state index in [-0.39, 0.29) is 12.5 Å². The minimum absolute atomic E-state index is 0.0229. The topological polar surface area (TPSA) is 86.0 Å². The first-order valence-corrected chi connectivity index (χ1v) is 11.1. The van der Waals surface area contributed by atoms with Crippen LogP contribution in [0.25, 0.3) is 0 Å². The minimum atomic E-state index is 0.0229. The molecular weight excluding hydrogens is 416 g/mol. The van der Waals surface area contributed by atoms with Crippen LogP contribution in [-0.4, -0.2) is 61.2 Å². The zero-order chi connectivity index (χ0) is 22.2. The minimum Gasteiger partial charge on any atom is -0.368 e. The van der Waals surface area contributed by atoms with Gasteiger partial charge < -0.3 is 25.0 Å². The molecule has 2 heterocycles. The molecule has 168 valence electrons. The fourth-order valence-corrected chi connectivity index (χ4v) is 3.44. The van der Waals surface area contributed by atoms with Crippen molar-refractivity contribution in [2.75, 3.05) is 44.2 Å². The Morgan fingerprint density at radius 1 is 1.19 bits per heavy atom. The number of amides is 1. The number of carbonyl (C=O) groups is 1. The van der Waals surface area contributed by atoms with Gasteiger partial charge in [0.2, 0.25) is 5.91 Å². The molecule has 1 aromatic carbocycles. The van der Waals surface area contributed by atoms with E-state index in [0.717, 1.165) is 35.3 Å². The normalized spacial score (nSPS) is 14.8. The molecule has 0 bridgehead atoms. The Balaban J connectivity index is 1.48. The number of hydrogen-bond acceptors (Lipinski definition) is 5. The second-order valence-corrected chi connectivity index (χ2v) is 8.20. The highest BCUT2D eigenvalue weighted by atomic mass is 35.5. The van der Waals surface area contributed by atoms with Crippen molar-refractivity contribution in [3.8, 4) is 0 Å². The summed E-state index contributed by atoms with van der Waals surface area (Å²) in [7, 11) is 0. The van der Waals surface area contributed by atoms with E-state index in [1.165, 1.54) is 0 Å². The summed E-state index contributed by atoms with van der Waals surface area (Å²) in [5, 5.41) is 11.1. The molecule has 3 rings (SSSR count). The Labute approximate surface area is 188 Å². The lowest BCUT2D eigenvalue weighted by molar-refractivity contribution is -0.129. The molecule has 0 radical (unpaired) electrons. The van der Waals surface area contributed by atoms with Gasteiger partial charge in [-0.3, -0.25) is 4.79 Å². The van der Waals surface area contributed by atoms with Gasteiger partial charge in [-0.1, -0.05) is 30.6 Å². The van der Waals surface area contributed by atoms with Gasteiger partial charge in [0.05, 0.1) is 12.2 Å². The summed E-state index contributed by atoms with van der Waals surface area (Å²) in [6, 6.07) is 9.74. The highest BCUT2D eigenvalue weighted by Crippen LogP contribution is 2.19. The van der Waals surface area contributed by atoms with E-state index in [1.54, 1.807) is 0 Å². The third kappa shape index (κ3) is 6.62. The number of anilines is 1. The Morgan fingerprint density at radius 3 is 2.52 bits per heavy atom. The summed E-state index contributed by atoms with van der Waals surface area (Å²) in [4.78, 5) is 21.2. The number of aromatic nitrogens is 1. The molecule has 0 saturated carbocycles. The third-order valence-electron chi connectivity index (χ3n) is 5.14. The fourth-order valence-electron chi connectivity index (χ4n) is 3.31. The standard InChI is InChI=1S/C22H31ClN6O2/c1-4-24-22(25-14-19-13-20(16(2)3)27-31-19)26-15-21(30)29-11-9-28(10-12-29)18-7-5-17(23)6-8-18/h5-8,13,16H,4,9-12,14-15H2,1-3H3,(H2,24,25,26). The molecular formula is C22H31ClN6O2. The van der Waals surface area contributed by atoms with Crippen molar-refractivity contribution in [1.29, 1.82) is 0 Å². The van der Waals surface area contributed by atoms with Gasteiger partial charge in [-0.25, -0.2) is 4.99 Å². The maximum atomic E-state index is 12.6. The number of benzene rings is 1. The number of nitrogens with one attached hydrogen (secondary N) is 2. The summed E-state index contributed by atoms with van der Waals surface area (Å²) < 4.78 is 5.35. The first kappa shape index (κ1) is 22.9. The van der Waals surface area contributed by atoms with Gasteiger partial charge in [0, 0.05) is 49.5 Å².